The number of rotatable bonds is 4. The Bertz CT molecular complexity index is 389. The molecular formula is C13H20N2O2. The molecule has 4 heteroatoms. The van der Waals surface area contributed by atoms with Crippen molar-refractivity contribution in [2.24, 2.45) is 0 Å². The fraction of sp³-hybridized carbons (Fsp3) is 0.462. The van der Waals surface area contributed by atoms with Crippen molar-refractivity contribution < 1.29 is 9.90 Å². The van der Waals surface area contributed by atoms with Crippen LogP contribution in [0, 0.1) is 13.8 Å². The molecule has 0 aliphatic carbocycles. The quantitative estimate of drug-likeness (QED) is 0.750. The Balaban J connectivity index is 2.42. The summed E-state index contributed by atoms with van der Waals surface area (Å²) in [6.45, 7) is 6.20. The van der Waals surface area contributed by atoms with Gasteiger partial charge in [-0.2, -0.15) is 0 Å². The largest absolute Gasteiger partial charge is 0.393 e. The van der Waals surface area contributed by atoms with E-state index in [1.54, 1.807) is 6.92 Å². The lowest BCUT2D eigenvalue weighted by atomic mass is 10.1. The molecule has 0 aliphatic heterocycles. The fourth-order valence-corrected chi connectivity index (χ4v) is 1.39. The second-order valence-electron chi connectivity index (χ2n) is 4.32. The Hall–Kier alpha value is -1.55. The molecule has 0 radical (unpaired) electrons. The van der Waals surface area contributed by atoms with Crippen LogP contribution in [0.3, 0.4) is 0 Å². The number of carbonyl (C=O) groups is 1. The zero-order chi connectivity index (χ0) is 12.8. The van der Waals surface area contributed by atoms with Crippen LogP contribution in [0.4, 0.5) is 10.5 Å². The third kappa shape index (κ3) is 4.87. The van der Waals surface area contributed by atoms with Crippen LogP contribution < -0.4 is 10.6 Å². The van der Waals surface area contributed by atoms with Gasteiger partial charge in [-0.15, -0.1) is 0 Å². The van der Waals surface area contributed by atoms with Gasteiger partial charge in [-0.05, 0) is 50.5 Å². The first kappa shape index (κ1) is 13.5. The van der Waals surface area contributed by atoms with Crippen LogP contribution in [0.15, 0.2) is 18.2 Å². The van der Waals surface area contributed by atoms with E-state index in [2.05, 4.69) is 10.6 Å². The Morgan fingerprint density at radius 3 is 2.65 bits per heavy atom. The van der Waals surface area contributed by atoms with Crippen molar-refractivity contribution in [3.63, 3.8) is 0 Å². The number of urea groups is 1. The van der Waals surface area contributed by atoms with Crippen LogP contribution in [-0.4, -0.2) is 23.8 Å². The summed E-state index contributed by atoms with van der Waals surface area (Å²) >= 11 is 0. The Kier molecular flexibility index (Phi) is 4.97. The van der Waals surface area contributed by atoms with Crippen LogP contribution in [0.1, 0.15) is 24.5 Å². The zero-order valence-corrected chi connectivity index (χ0v) is 10.6. The van der Waals surface area contributed by atoms with Gasteiger partial charge in [0.2, 0.25) is 0 Å². The highest BCUT2D eigenvalue weighted by Crippen LogP contribution is 2.13. The van der Waals surface area contributed by atoms with Gasteiger partial charge in [0.25, 0.3) is 0 Å². The highest BCUT2D eigenvalue weighted by atomic mass is 16.3. The minimum Gasteiger partial charge on any atom is -0.393 e. The number of anilines is 1. The highest BCUT2D eigenvalue weighted by molar-refractivity contribution is 5.89. The Labute approximate surface area is 102 Å². The maximum Gasteiger partial charge on any atom is 0.319 e. The maximum absolute atomic E-state index is 11.5. The minimum absolute atomic E-state index is 0.242. The average molecular weight is 236 g/mol. The molecule has 4 nitrogen and oxygen atoms in total. The summed E-state index contributed by atoms with van der Waals surface area (Å²) in [5.74, 6) is 0. The second kappa shape index (κ2) is 6.25. The van der Waals surface area contributed by atoms with Crippen molar-refractivity contribution in [1.82, 2.24) is 5.32 Å². The molecule has 94 valence electrons. The lowest BCUT2D eigenvalue weighted by Crippen LogP contribution is -2.30. The average Bonchev–Trinajstić information content (AvgIpc) is 2.23. The van der Waals surface area contributed by atoms with Gasteiger partial charge in [0, 0.05) is 12.2 Å². The van der Waals surface area contributed by atoms with Crippen molar-refractivity contribution in [2.45, 2.75) is 33.3 Å². The van der Waals surface area contributed by atoms with Gasteiger partial charge in [0.05, 0.1) is 6.10 Å². The monoisotopic (exact) mass is 236 g/mol. The van der Waals surface area contributed by atoms with E-state index in [0.717, 1.165) is 11.3 Å². The Morgan fingerprint density at radius 1 is 1.35 bits per heavy atom. The maximum atomic E-state index is 11.5. The molecule has 0 spiro atoms. The fourth-order valence-electron chi connectivity index (χ4n) is 1.39. The normalized spacial score (nSPS) is 12.0. The highest BCUT2D eigenvalue weighted by Gasteiger charge is 2.03. The number of aliphatic hydroxyl groups excluding tert-OH is 1. The summed E-state index contributed by atoms with van der Waals surface area (Å²) in [6, 6.07) is 5.54. The summed E-state index contributed by atoms with van der Waals surface area (Å²) in [6.07, 6.45) is 0.164. The molecule has 1 rings (SSSR count). The molecule has 1 unspecified atom stereocenters. The minimum atomic E-state index is -0.392. The van der Waals surface area contributed by atoms with Gasteiger partial charge in [-0.1, -0.05) is 6.07 Å². The van der Waals surface area contributed by atoms with Crippen LogP contribution in [0.5, 0.6) is 0 Å². The molecule has 2 amide bonds. The molecule has 0 saturated carbocycles. The SMILES string of the molecule is Cc1ccc(NC(=O)NCCC(C)O)cc1C. The van der Waals surface area contributed by atoms with Crippen molar-refractivity contribution >= 4 is 11.7 Å². The molecule has 0 aliphatic rings. The zero-order valence-electron chi connectivity index (χ0n) is 10.6. The molecule has 0 bridgehead atoms. The van der Waals surface area contributed by atoms with Crippen LogP contribution in [0.25, 0.3) is 0 Å². The molecule has 1 aromatic carbocycles. The molecule has 0 heterocycles. The number of amides is 2. The van der Waals surface area contributed by atoms with E-state index in [0.29, 0.717) is 13.0 Å². The van der Waals surface area contributed by atoms with E-state index in [1.165, 1.54) is 5.56 Å². The summed E-state index contributed by atoms with van der Waals surface area (Å²) < 4.78 is 0. The van der Waals surface area contributed by atoms with Gasteiger partial charge < -0.3 is 15.7 Å². The topological polar surface area (TPSA) is 61.4 Å². The predicted molar refractivity (Wildman–Crippen MR) is 69.2 cm³/mol. The molecule has 1 atom stereocenters. The summed E-state index contributed by atoms with van der Waals surface area (Å²) in [5.41, 5.74) is 3.12. The lowest BCUT2D eigenvalue weighted by molar-refractivity contribution is 0.184. The number of hydrogen-bond donors (Lipinski definition) is 3. The number of carbonyl (C=O) groups excluding carboxylic acids is 1. The first-order valence-electron chi connectivity index (χ1n) is 5.79. The summed E-state index contributed by atoms with van der Waals surface area (Å²) in [4.78, 5) is 11.5. The van der Waals surface area contributed by atoms with E-state index in [4.69, 9.17) is 5.11 Å². The molecule has 17 heavy (non-hydrogen) atoms. The van der Waals surface area contributed by atoms with Gasteiger partial charge in [0.1, 0.15) is 0 Å². The van der Waals surface area contributed by atoms with Crippen LogP contribution >= 0.6 is 0 Å². The second-order valence-corrected chi connectivity index (χ2v) is 4.32. The van der Waals surface area contributed by atoms with Crippen molar-refractivity contribution in [2.75, 3.05) is 11.9 Å². The van der Waals surface area contributed by atoms with E-state index in [1.807, 2.05) is 32.0 Å². The van der Waals surface area contributed by atoms with E-state index < -0.39 is 6.10 Å². The van der Waals surface area contributed by atoms with Crippen molar-refractivity contribution in [3.8, 4) is 0 Å². The van der Waals surface area contributed by atoms with E-state index >= 15 is 0 Å². The molecule has 0 aromatic heterocycles. The van der Waals surface area contributed by atoms with Gasteiger partial charge in [-0.3, -0.25) is 0 Å². The number of aliphatic hydroxyl groups is 1. The van der Waals surface area contributed by atoms with Crippen LogP contribution in [-0.2, 0) is 0 Å². The smallest absolute Gasteiger partial charge is 0.319 e. The molecule has 3 N–H and O–H groups in total. The van der Waals surface area contributed by atoms with Gasteiger partial charge >= 0.3 is 6.03 Å². The number of aryl methyl sites for hydroxylation is 2. The first-order valence-corrected chi connectivity index (χ1v) is 5.79. The Morgan fingerprint density at radius 2 is 2.06 bits per heavy atom. The van der Waals surface area contributed by atoms with Crippen molar-refractivity contribution in [3.05, 3.63) is 29.3 Å². The molecular weight excluding hydrogens is 216 g/mol. The predicted octanol–water partition coefficient (Wildman–Crippen LogP) is 2.20. The lowest BCUT2D eigenvalue weighted by Gasteiger charge is -2.09. The number of nitrogens with one attached hydrogen (secondary N) is 2. The first-order chi connectivity index (χ1) is 7.99. The third-order valence-electron chi connectivity index (χ3n) is 2.61. The summed E-state index contributed by atoms with van der Waals surface area (Å²) in [5, 5.41) is 14.5. The van der Waals surface area contributed by atoms with Gasteiger partial charge in [-0.25, -0.2) is 4.79 Å². The molecule has 1 aromatic rings. The summed E-state index contributed by atoms with van der Waals surface area (Å²) in [7, 11) is 0. The number of hydrogen-bond acceptors (Lipinski definition) is 2. The third-order valence-corrected chi connectivity index (χ3v) is 2.61. The number of benzene rings is 1. The molecule has 0 saturated heterocycles. The van der Waals surface area contributed by atoms with E-state index in [9.17, 15) is 4.79 Å². The molecule has 0 fully saturated rings. The van der Waals surface area contributed by atoms with Crippen molar-refractivity contribution in [1.29, 1.82) is 0 Å². The van der Waals surface area contributed by atoms with Crippen LogP contribution in [0.2, 0.25) is 0 Å². The van der Waals surface area contributed by atoms with E-state index in [-0.39, 0.29) is 6.03 Å². The van der Waals surface area contributed by atoms with Gasteiger partial charge in [0.15, 0.2) is 0 Å². The standard InChI is InChI=1S/C13H20N2O2/c1-9-4-5-12(8-10(9)2)15-13(17)14-7-6-11(3)16/h4-5,8,11,16H,6-7H2,1-3H3,(H2,14,15,17).